The molecule has 216 valence electrons. The fraction of sp³-hybridized carbons (Fsp3) is 0.600. The number of ether oxygens (including phenoxy) is 5. The minimum atomic E-state index is -3.17. The second-order valence-corrected chi connectivity index (χ2v) is 8.73. The van der Waals surface area contributed by atoms with Crippen LogP contribution in [-0.2, 0) is 27.1 Å². The van der Waals surface area contributed by atoms with E-state index in [1.54, 1.807) is 64.5 Å². The molecule has 2 unspecified atom stereocenters. The van der Waals surface area contributed by atoms with Crippen molar-refractivity contribution in [2.24, 2.45) is 5.73 Å². The average Bonchev–Trinajstić information content (AvgIpc) is 3.50. The van der Waals surface area contributed by atoms with E-state index in [1.807, 2.05) is 13.8 Å². The van der Waals surface area contributed by atoms with Gasteiger partial charge in [-0.25, -0.2) is 0 Å². The summed E-state index contributed by atoms with van der Waals surface area (Å²) in [5, 5.41) is 12.5. The number of rotatable bonds is 15. The molecule has 0 aromatic heterocycles. The standard InChI is InChI=1S/C15H25NO3.C12H16O3.C3H9N/c1-12(2)16-10-14(17)11-19-15-6-4-13(5-7-15)8-9-18-3;1-13-7-6-10-2-4-11(5-3-10)14-8-12-9-15-12;1-3(2)4/h4-7,12,14,16-17H,8-11H2,1-3H3;2-5,12H,6-9H2,1H3;3H,4H2,1-2H3/i10D2,11D2,14D;8D2,9D2,12D;. The van der Waals surface area contributed by atoms with Crippen LogP contribution in [0.2, 0.25) is 0 Å². The average molecular weight is 545 g/mol. The summed E-state index contributed by atoms with van der Waals surface area (Å²) in [5.74, 6) is 0.307. The van der Waals surface area contributed by atoms with Gasteiger partial charge in [0.25, 0.3) is 0 Å². The first-order valence-corrected chi connectivity index (χ1v) is 12.4. The van der Waals surface area contributed by atoms with Gasteiger partial charge in [0.1, 0.15) is 36.8 Å². The van der Waals surface area contributed by atoms with E-state index in [1.165, 1.54) is 12.1 Å². The van der Waals surface area contributed by atoms with Crippen molar-refractivity contribution in [2.45, 2.75) is 64.8 Å². The molecule has 1 fully saturated rings. The quantitative estimate of drug-likeness (QED) is 0.292. The Kier molecular flexibility index (Phi) is 11.3. The lowest BCUT2D eigenvalue weighted by Crippen LogP contribution is -2.35. The Labute approximate surface area is 243 Å². The van der Waals surface area contributed by atoms with Crippen molar-refractivity contribution in [2.75, 3.05) is 53.6 Å². The van der Waals surface area contributed by atoms with Crippen LogP contribution in [0, 0.1) is 0 Å². The van der Waals surface area contributed by atoms with Crippen LogP contribution in [0.1, 0.15) is 52.5 Å². The zero-order valence-corrected chi connectivity index (χ0v) is 23.2. The number of methoxy groups -OCH3 is 2. The Morgan fingerprint density at radius 2 is 1.45 bits per heavy atom. The zero-order chi connectivity index (χ0) is 37.2. The molecule has 8 nitrogen and oxygen atoms in total. The maximum atomic E-state index is 10.2. The summed E-state index contributed by atoms with van der Waals surface area (Å²) in [4.78, 5) is 0. The molecular weight excluding hydrogens is 484 g/mol. The SMILES string of the molecule is CC(C)N.[2H]C([2H])(NC(C)C)C([2H])(O)C([2H])([2H])Oc1ccc(CCOC)cc1.[2H]C([2H])(Oc1ccc(CCOC)cc1)C1([2H])OC1([2H])[2H]. The monoisotopic (exact) mass is 544 g/mol. The normalized spacial score (nSPS) is 23.8. The zero-order valence-electron chi connectivity index (χ0n) is 33.2. The van der Waals surface area contributed by atoms with E-state index in [0.29, 0.717) is 25.7 Å². The maximum Gasteiger partial charge on any atom is 0.119 e. The molecule has 0 amide bonds. The van der Waals surface area contributed by atoms with Crippen LogP contribution in [0.3, 0.4) is 0 Å². The molecule has 2 aromatic carbocycles. The van der Waals surface area contributed by atoms with Crippen molar-refractivity contribution in [1.29, 1.82) is 0 Å². The summed E-state index contributed by atoms with van der Waals surface area (Å²) in [6, 6.07) is 13.1. The Morgan fingerprint density at radius 1 is 1.00 bits per heavy atom. The lowest BCUT2D eigenvalue weighted by atomic mass is 10.1. The van der Waals surface area contributed by atoms with Gasteiger partial charge in [-0.05, 0) is 54.3 Å². The molecule has 0 bridgehead atoms. The number of nitrogens with one attached hydrogen (secondary N) is 1. The van der Waals surface area contributed by atoms with Gasteiger partial charge < -0.3 is 39.8 Å². The van der Waals surface area contributed by atoms with Crippen molar-refractivity contribution >= 4 is 0 Å². The van der Waals surface area contributed by atoms with Crippen molar-refractivity contribution in [3.63, 3.8) is 0 Å². The van der Waals surface area contributed by atoms with Crippen molar-refractivity contribution in [3.8, 4) is 11.5 Å². The second-order valence-electron chi connectivity index (χ2n) is 8.73. The van der Waals surface area contributed by atoms with Gasteiger partial charge >= 0.3 is 0 Å². The molecule has 8 heteroatoms. The molecule has 2 atom stereocenters. The molecule has 0 aliphatic carbocycles. The van der Waals surface area contributed by atoms with Gasteiger partial charge in [-0.3, -0.25) is 0 Å². The number of hydrogen-bond donors (Lipinski definition) is 3. The molecule has 3 rings (SSSR count). The first-order valence-electron chi connectivity index (χ1n) is 17.4. The fourth-order valence-electron chi connectivity index (χ4n) is 2.41. The first kappa shape index (κ1) is 20.7. The Bertz CT molecular complexity index is 1230. The summed E-state index contributed by atoms with van der Waals surface area (Å²) in [6.45, 7) is -2.33. The Hall–Kier alpha value is -2.20. The molecular formula is C30H50N2O6. The summed E-state index contributed by atoms with van der Waals surface area (Å²) in [6.07, 6.45) is -4.08. The largest absolute Gasteiger partial charge is 0.491 e. The predicted molar refractivity (Wildman–Crippen MR) is 153 cm³/mol. The van der Waals surface area contributed by atoms with Gasteiger partial charge in [-0.15, -0.1) is 0 Å². The third-order valence-corrected chi connectivity index (χ3v) is 4.25. The minimum Gasteiger partial charge on any atom is -0.491 e. The lowest BCUT2D eigenvalue weighted by Gasteiger charge is -2.15. The molecule has 1 heterocycles. The Balaban J connectivity index is 0.000000436. The van der Waals surface area contributed by atoms with Gasteiger partial charge in [0.2, 0.25) is 0 Å². The molecule has 2 aromatic rings. The van der Waals surface area contributed by atoms with Crippen LogP contribution >= 0.6 is 0 Å². The van der Waals surface area contributed by atoms with Crippen LogP contribution in [0.15, 0.2) is 48.5 Å². The highest BCUT2D eigenvalue weighted by Crippen LogP contribution is 2.16. The fourth-order valence-corrected chi connectivity index (χ4v) is 2.41. The third-order valence-electron chi connectivity index (χ3n) is 4.25. The van der Waals surface area contributed by atoms with Crippen LogP contribution in [0.25, 0.3) is 0 Å². The second kappa shape index (κ2) is 20.7. The molecule has 1 aliphatic heterocycles. The smallest absolute Gasteiger partial charge is 0.119 e. The summed E-state index contributed by atoms with van der Waals surface area (Å²) in [7, 11) is 3.21. The molecule has 0 saturated carbocycles. The van der Waals surface area contributed by atoms with Crippen LogP contribution < -0.4 is 20.5 Å². The van der Waals surface area contributed by atoms with Gasteiger partial charge in [0.05, 0.1) is 30.7 Å². The van der Waals surface area contributed by atoms with Gasteiger partial charge in [0.15, 0.2) is 0 Å². The minimum absolute atomic E-state index is 0.0900. The van der Waals surface area contributed by atoms with E-state index in [2.05, 4.69) is 10.1 Å². The molecule has 1 aliphatic rings. The molecule has 38 heavy (non-hydrogen) atoms. The van der Waals surface area contributed by atoms with Crippen LogP contribution in [0.4, 0.5) is 0 Å². The number of epoxide rings is 1. The number of nitrogens with two attached hydrogens (primary N) is 1. The van der Waals surface area contributed by atoms with E-state index < -0.39 is 44.4 Å². The van der Waals surface area contributed by atoms with Gasteiger partial charge in [-0.2, -0.15) is 0 Å². The highest BCUT2D eigenvalue weighted by molar-refractivity contribution is 5.28. The Morgan fingerprint density at radius 3 is 1.84 bits per heavy atom. The van der Waals surface area contributed by atoms with Crippen molar-refractivity contribution < 1.29 is 42.5 Å². The highest BCUT2D eigenvalue weighted by atomic mass is 16.6. The van der Waals surface area contributed by atoms with Crippen LogP contribution in [0.5, 0.6) is 11.5 Å². The molecule has 4 N–H and O–H groups in total. The topological polar surface area (TPSA) is 108 Å². The van der Waals surface area contributed by atoms with Gasteiger partial charge in [-0.1, -0.05) is 52.0 Å². The van der Waals surface area contributed by atoms with E-state index in [4.69, 9.17) is 38.4 Å². The third kappa shape index (κ3) is 19.0. The number of benzene rings is 2. The summed E-state index contributed by atoms with van der Waals surface area (Å²) in [5.41, 5.74) is 7.08. The molecule has 0 radical (unpaired) electrons. The van der Waals surface area contributed by atoms with Crippen molar-refractivity contribution in [3.05, 3.63) is 59.7 Å². The molecule has 1 saturated heterocycles. The lowest BCUT2D eigenvalue weighted by molar-refractivity contribution is 0.104. The summed E-state index contributed by atoms with van der Waals surface area (Å²) < 4.78 is 101. The van der Waals surface area contributed by atoms with E-state index in [0.717, 1.165) is 17.5 Å². The van der Waals surface area contributed by atoms with Gasteiger partial charge in [0, 0.05) is 29.5 Å². The van der Waals surface area contributed by atoms with E-state index >= 15 is 0 Å². The maximum absolute atomic E-state index is 10.2. The predicted octanol–water partition coefficient (Wildman–Crippen LogP) is 3.62. The number of aliphatic hydroxyl groups is 1. The molecule has 0 spiro atoms. The number of hydrogen-bond acceptors (Lipinski definition) is 8. The van der Waals surface area contributed by atoms with Crippen molar-refractivity contribution in [1.82, 2.24) is 5.32 Å². The highest BCUT2D eigenvalue weighted by Gasteiger charge is 2.22. The van der Waals surface area contributed by atoms with E-state index in [9.17, 15) is 5.11 Å². The van der Waals surface area contributed by atoms with E-state index in [-0.39, 0.29) is 11.5 Å². The first-order chi connectivity index (χ1) is 21.9. The van der Waals surface area contributed by atoms with Crippen LogP contribution in [-0.4, -0.2) is 83.0 Å². The summed E-state index contributed by atoms with van der Waals surface area (Å²) >= 11 is 0.